The van der Waals surface area contributed by atoms with Crippen LogP contribution >= 0.6 is 0 Å². The van der Waals surface area contributed by atoms with Crippen LogP contribution in [-0.2, 0) is 0 Å². The molecule has 568 valence electrons. The Labute approximate surface area is 706 Å². The van der Waals surface area contributed by atoms with Crippen LogP contribution in [0.25, 0.3) is 260 Å². The van der Waals surface area contributed by atoms with Crippen LogP contribution in [0.15, 0.2) is 413 Å². The molecular weight excluding hydrogens is 1490 g/mol. The van der Waals surface area contributed by atoms with E-state index in [-0.39, 0.29) is 0 Å². The van der Waals surface area contributed by atoms with Crippen LogP contribution in [0.4, 0.5) is 0 Å². The number of pyridine rings is 1. The fraction of sp³-hybridized carbons (Fsp3) is 0. The molecule has 8 heteroatoms. The highest BCUT2D eigenvalue weighted by Gasteiger charge is 2.31. The van der Waals surface area contributed by atoms with Gasteiger partial charge in [0.15, 0.2) is 5.82 Å². The van der Waals surface area contributed by atoms with E-state index >= 15 is 0 Å². The number of nitrogens with zero attached hydrogens (tertiary/aromatic N) is 8. The van der Waals surface area contributed by atoms with Crippen molar-refractivity contribution in [2.45, 2.75) is 0 Å². The Morgan fingerprint density at radius 3 is 1.02 bits per heavy atom. The van der Waals surface area contributed by atoms with Crippen LogP contribution in [0, 0.1) is 0 Å². The Morgan fingerprint density at radius 2 is 0.528 bits per heavy atom. The Bertz CT molecular complexity index is 8750. The van der Waals surface area contributed by atoms with E-state index < -0.39 is 0 Å². The molecule has 6 heterocycles. The average molecular weight is 1560 g/mol. The predicted molar refractivity (Wildman–Crippen MR) is 511 cm³/mol. The lowest BCUT2D eigenvalue weighted by molar-refractivity contribution is 0.996. The van der Waals surface area contributed by atoms with E-state index in [2.05, 4.69) is 414 Å². The van der Waals surface area contributed by atoms with Gasteiger partial charge in [-0.05, 0) is 176 Å². The standard InChI is InChI=1S/C40H23N3.C38H23N3.C37H22N2/c1-2-11-26(12-3-1)38-40(42-39-27-14-5-4-10-24(27)20-22-32(39)41-38)43-33-19-9-18-31-29-16-7-6-15-28(29)30-17-8-13-25-21-23-34(43)37(35(25)30)36(31)33;1-3-11-24(12-4-1)31-23-32(25-13-5-2-6-14-25)40-38(39-31)41-33-20-10-19-30-28-17-8-7-16-27(28)29-18-9-15-26-21-22-34(41)37(35(26)29)36(30)33;1-2-10-23(11-3-1)30-22-34(38-31-18-7-6-15-27(30)31)39-32-19-9-17-29-26-14-5-4-13-25(26)28-16-8-12-24-20-21-33(39)37(35(24)28)36(29)32/h1-23H;1-23H;1-22H. The zero-order valence-corrected chi connectivity index (χ0v) is 66.3. The van der Waals surface area contributed by atoms with E-state index in [1.54, 1.807) is 0 Å². The first kappa shape index (κ1) is 68.5. The minimum Gasteiger partial charge on any atom is -0.294 e. The van der Waals surface area contributed by atoms with Gasteiger partial charge in [0.1, 0.15) is 11.5 Å². The van der Waals surface area contributed by atoms with Gasteiger partial charge in [-0.2, -0.15) is 0 Å². The van der Waals surface area contributed by atoms with Gasteiger partial charge in [-0.25, -0.2) is 24.9 Å². The van der Waals surface area contributed by atoms with Gasteiger partial charge in [0.2, 0.25) is 5.95 Å². The molecule has 0 saturated heterocycles. The highest BCUT2D eigenvalue weighted by atomic mass is 15.2. The monoisotopic (exact) mass is 1560 g/mol. The molecule has 0 unspecified atom stereocenters. The second kappa shape index (κ2) is 27.0. The van der Waals surface area contributed by atoms with E-state index in [0.29, 0.717) is 5.95 Å². The zero-order chi connectivity index (χ0) is 80.5. The van der Waals surface area contributed by atoms with Gasteiger partial charge < -0.3 is 0 Å². The average Bonchev–Trinajstić information content (AvgIpc) is 1.54. The molecule has 3 aliphatic rings. The molecule has 0 bridgehead atoms. The molecular formula is C115H68N8. The molecule has 0 N–H and O–H groups in total. The predicted octanol–water partition coefficient (Wildman–Crippen LogP) is 29.9. The van der Waals surface area contributed by atoms with Crippen LogP contribution in [0.1, 0.15) is 0 Å². The molecule has 19 aromatic carbocycles. The molecule has 6 aromatic heterocycles. The van der Waals surface area contributed by atoms with E-state index in [9.17, 15) is 0 Å². The number of benzene rings is 19. The summed E-state index contributed by atoms with van der Waals surface area (Å²) >= 11 is 0. The lowest BCUT2D eigenvalue weighted by atomic mass is 9.93. The summed E-state index contributed by atoms with van der Waals surface area (Å²) in [4.78, 5) is 26.5. The summed E-state index contributed by atoms with van der Waals surface area (Å²) in [6, 6.07) is 147. The number of rotatable bonds is 7. The molecule has 0 atom stereocenters. The van der Waals surface area contributed by atoms with Crippen molar-refractivity contribution in [3.63, 3.8) is 0 Å². The second-order valence-corrected chi connectivity index (χ2v) is 32.3. The number of hydrogen-bond acceptors (Lipinski definition) is 5. The van der Waals surface area contributed by atoms with E-state index in [4.69, 9.17) is 24.9 Å². The van der Waals surface area contributed by atoms with Gasteiger partial charge in [0, 0.05) is 59.8 Å². The fourth-order valence-corrected chi connectivity index (χ4v) is 20.6. The van der Waals surface area contributed by atoms with Gasteiger partial charge in [0.25, 0.3) is 0 Å². The summed E-state index contributed by atoms with van der Waals surface area (Å²) < 4.78 is 6.99. The molecule has 25 aromatic rings. The molecule has 28 rings (SSSR count). The van der Waals surface area contributed by atoms with Crippen molar-refractivity contribution in [2.24, 2.45) is 0 Å². The fourth-order valence-electron chi connectivity index (χ4n) is 20.6. The summed E-state index contributed by atoms with van der Waals surface area (Å²) in [5.74, 6) is 2.46. The van der Waals surface area contributed by atoms with Gasteiger partial charge in [0.05, 0.1) is 61.0 Å². The Kier molecular flexibility index (Phi) is 15.0. The maximum absolute atomic E-state index is 5.52. The quantitative estimate of drug-likeness (QED) is 0.149. The molecule has 0 saturated carbocycles. The van der Waals surface area contributed by atoms with Gasteiger partial charge in [-0.1, -0.05) is 352 Å². The SMILES string of the molecule is c1ccc(-c2cc(-c3ccccc3)nc(-n3c4cccc5c4c4c6c(cccc6ccc43)-c3ccccc3-5)n2)cc1.c1ccc(-c2cc(-n3c4cccc5c4c4c6c(cccc6ccc43)-c3ccccc3-5)nc3ccccc23)cc1.c1ccc(-c2nc3ccc4ccccc4c3nc2-n2c3cccc4c3c3c5c(cccc5ccc32)-c2ccccc2-4)cc1. The van der Waals surface area contributed by atoms with Crippen molar-refractivity contribution < 1.29 is 0 Å². The lowest BCUT2D eigenvalue weighted by Crippen LogP contribution is -2.04. The molecule has 0 radical (unpaired) electrons. The van der Waals surface area contributed by atoms with Crippen LogP contribution in [0.5, 0.6) is 0 Å². The number of hydrogen-bond donors (Lipinski definition) is 0. The zero-order valence-electron chi connectivity index (χ0n) is 66.3. The molecule has 123 heavy (non-hydrogen) atoms. The third kappa shape index (κ3) is 10.3. The number of fused-ring (bicyclic) bond motifs is 13. The summed E-state index contributed by atoms with van der Waals surface area (Å²) in [5, 5.41) is 18.7. The molecule has 8 nitrogen and oxygen atoms in total. The first-order valence-electron chi connectivity index (χ1n) is 42.0. The summed E-state index contributed by atoms with van der Waals surface area (Å²) in [6.45, 7) is 0. The number of aromatic nitrogens is 8. The van der Waals surface area contributed by atoms with Crippen molar-refractivity contribution in [1.82, 2.24) is 38.6 Å². The second-order valence-electron chi connectivity index (χ2n) is 32.3. The summed E-state index contributed by atoms with van der Waals surface area (Å²) in [5.41, 5.74) is 33.2. The smallest absolute Gasteiger partial charge is 0.235 e. The highest BCUT2D eigenvalue weighted by molar-refractivity contribution is 6.34. The molecule has 0 amide bonds. The largest absolute Gasteiger partial charge is 0.294 e. The minimum absolute atomic E-state index is 0.674. The Balaban J connectivity index is 0.0000000991. The third-order valence-corrected chi connectivity index (χ3v) is 25.8. The Morgan fingerprint density at radius 1 is 0.179 bits per heavy atom. The first-order chi connectivity index (χ1) is 61.1. The first-order valence-corrected chi connectivity index (χ1v) is 42.0. The van der Waals surface area contributed by atoms with Gasteiger partial charge in [-0.15, -0.1) is 0 Å². The van der Waals surface area contributed by atoms with E-state index in [1.165, 1.54) is 154 Å². The van der Waals surface area contributed by atoms with Crippen molar-refractivity contribution in [3.8, 4) is 129 Å². The maximum Gasteiger partial charge on any atom is 0.235 e. The molecule has 0 spiro atoms. The third-order valence-electron chi connectivity index (χ3n) is 25.8. The van der Waals surface area contributed by atoms with Crippen LogP contribution < -0.4 is 0 Å². The van der Waals surface area contributed by atoms with Crippen molar-refractivity contribution in [2.75, 3.05) is 0 Å². The van der Waals surface area contributed by atoms with Crippen LogP contribution in [0.2, 0.25) is 0 Å². The topological polar surface area (TPSA) is 79.2 Å². The van der Waals surface area contributed by atoms with Gasteiger partial charge in [-0.3, -0.25) is 13.7 Å². The van der Waals surface area contributed by atoms with Crippen molar-refractivity contribution >= 4 is 130 Å². The summed E-state index contributed by atoms with van der Waals surface area (Å²) in [6.07, 6.45) is 0. The molecule has 0 aliphatic heterocycles. The Hall–Kier alpha value is -16.6. The normalized spacial score (nSPS) is 12.1. The highest BCUT2D eigenvalue weighted by Crippen LogP contribution is 2.55. The summed E-state index contributed by atoms with van der Waals surface area (Å²) in [7, 11) is 0. The van der Waals surface area contributed by atoms with Gasteiger partial charge >= 0.3 is 0 Å². The minimum atomic E-state index is 0.674. The van der Waals surface area contributed by atoms with Crippen LogP contribution in [-0.4, -0.2) is 38.6 Å². The lowest BCUT2D eigenvalue weighted by Gasteiger charge is -2.16. The maximum atomic E-state index is 5.52. The molecule has 0 fully saturated rings. The van der Waals surface area contributed by atoms with Crippen LogP contribution in [0.3, 0.4) is 0 Å². The van der Waals surface area contributed by atoms with Crippen molar-refractivity contribution in [3.05, 3.63) is 413 Å². The molecule has 3 aliphatic carbocycles. The number of para-hydroxylation sites is 1. The van der Waals surface area contributed by atoms with Crippen molar-refractivity contribution in [1.29, 1.82) is 0 Å². The van der Waals surface area contributed by atoms with E-state index in [0.717, 1.165) is 100 Å². The van der Waals surface area contributed by atoms with E-state index in [1.807, 2.05) is 12.1 Å².